The first-order chi connectivity index (χ1) is 12.5. The number of benzene rings is 2. The predicted molar refractivity (Wildman–Crippen MR) is 116 cm³/mol. The Kier molecular flexibility index (Phi) is 8.12. The topological polar surface area (TPSA) is 56.7 Å². The highest BCUT2D eigenvalue weighted by Gasteiger charge is 2.04. The first kappa shape index (κ1) is 20.5. The Labute approximate surface area is 171 Å². The highest BCUT2D eigenvalue weighted by Crippen LogP contribution is 2.25. The SMILES string of the molecule is CCN(CC)c1ccc(C=NNC(=O)CNc2ccc(Br)cc2Br)cc1. The second kappa shape index (κ2) is 10.3. The largest absolute Gasteiger partial charge is 0.375 e. The first-order valence-corrected chi connectivity index (χ1v) is 9.98. The van der Waals surface area contributed by atoms with Crippen LogP contribution in [0.15, 0.2) is 56.5 Å². The van der Waals surface area contributed by atoms with Crippen LogP contribution in [0.25, 0.3) is 0 Å². The number of rotatable bonds is 8. The van der Waals surface area contributed by atoms with Crippen LogP contribution in [0.2, 0.25) is 0 Å². The van der Waals surface area contributed by atoms with Gasteiger partial charge in [-0.3, -0.25) is 4.79 Å². The summed E-state index contributed by atoms with van der Waals surface area (Å²) >= 11 is 6.84. The molecule has 5 nitrogen and oxygen atoms in total. The molecule has 1 amide bonds. The summed E-state index contributed by atoms with van der Waals surface area (Å²) in [5, 5.41) is 7.07. The minimum atomic E-state index is -0.212. The van der Waals surface area contributed by atoms with Gasteiger partial charge in [-0.25, -0.2) is 5.43 Å². The Hall–Kier alpha value is -1.86. The number of carbonyl (C=O) groups is 1. The average molecular weight is 482 g/mol. The van der Waals surface area contributed by atoms with Crippen LogP contribution in [0.3, 0.4) is 0 Å². The van der Waals surface area contributed by atoms with E-state index in [4.69, 9.17) is 0 Å². The molecule has 0 fully saturated rings. The van der Waals surface area contributed by atoms with Crippen molar-refractivity contribution in [3.05, 3.63) is 57.0 Å². The minimum absolute atomic E-state index is 0.137. The Morgan fingerprint density at radius 1 is 1.12 bits per heavy atom. The van der Waals surface area contributed by atoms with Crippen molar-refractivity contribution in [3.63, 3.8) is 0 Å². The molecule has 7 heteroatoms. The van der Waals surface area contributed by atoms with Gasteiger partial charge in [-0.2, -0.15) is 5.10 Å². The summed E-state index contributed by atoms with van der Waals surface area (Å²) in [6, 6.07) is 13.8. The second-order valence-electron chi connectivity index (χ2n) is 5.53. The van der Waals surface area contributed by atoms with Crippen molar-refractivity contribution in [2.24, 2.45) is 5.10 Å². The number of hydrogen-bond acceptors (Lipinski definition) is 4. The summed E-state index contributed by atoms with van der Waals surface area (Å²) in [7, 11) is 0. The van der Waals surface area contributed by atoms with Gasteiger partial charge >= 0.3 is 0 Å². The maximum atomic E-state index is 11.9. The standard InChI is InChI=1S/C19H22Br2N4O/c1-3-25(4-2)16-8-5-14(6-9-16)12-23-24-19(26)13-22-18-10-7-15(20)11-17(18)21/h5-12,22H,3-4,13H2,1-2H3,(H,24,26). The van der Waals surface area contributed by atoms with Crippen LogP contribution in [0.5, 0.6) is 0 Å². The lowest BCUT2D eigenvalue weighted by Crippen LogP contribution is -2.26. The number of carbonyl (C=O) groups excluding carboxylic acids is 1. The van der Waals surface area contributed by atoms with Crippen molar-refractivity contribution in [2.45, 2.75) is 13.8 Å². The number of nitrogens with zero attached hydrogens (tertiary/aromatic N) is 2. The number of hydrazone groups is 1. The van der Waals surface area contributed by atoms with E-state index in [2.05, 4.69) is 78.6 Å². The molecule has 2 rings (SSSR count). The number of anilines is 2. The minimum Gasteiger partial charge on any atom is -0.375 e. The van der Waals surface area contributed by atoms with E-state index < -0.39 is 0 Å². The molecule has 0 spiro atoms. The van der Waals surface area contributed by atoms with E-state index in [1.165, 1.54) is 5.69 Å². The number of nitrogens with one attached hydrogen (secondary N) is 2. The lowest BCUT2D eigenvalue weighted by Gasteiger charge is -2.20. The molecule has 26 heavy (non-hydrogen) atoms. The van der Waals surface area contributed by atoms with Crippen LogP contribution in [0.1, 0.15) is 19.4 Å². The Balaban J connectivity index is 1.83. The van der Waals surface area contributed by atoms with Gasteiger partial charge in [0.2, 0.25) is 0 Å². The second-order valence-corrected chi connectivity index (χ2v) is 7.30. The van der Waals surface area contributed by atoms with Crippen LogP contribution in [0, 0.1) is 0 Å². The molecule has 0 heterocycles. The van der Waals surface area contributed by atoms with Crippen LogP contribution in [-0.4, -0.2) is 31.8 Å². The summed E-state index contributed by atoms with van der Waals surface area (Å²) in [5.74, 6) is -0.212. The van der Waals surface area contributed by atoms with Gasteiger partial charge in [0, 0.05) is 33.4 Å². The monoisotopic (exact) mass is 480 g/mol. The molecule has 0 aliphatic rings. The van der Waals surface area contributed by atoms with Crippen molar-refractivity contribution < 1.29 is 4.79 Å². The zero-order valence-corrected chi connectivity index (χ0v) is 18.0. The molecule has 138 valence electrons. The zero-order chi connectivity index (χ0) is 18.9. The highest BCUT2D eigenvalue weighted by atomic mass is 79.9. The van der Waals surface area contributed by atoms with E-state index in [9.17, 15) is 4.79 Å². The van der Waals surface area contributed by atoms with Gasteiger partial charge in [0.25, 0.3) is 5.91 Å². The summed E-state index contributed by atoms with van der Waals surface area (Å²) in [4.78, 5) is 14.2. The summed E-state index contributed by atoms with van der Waals surface area (Å²) in [5.41, 5.74) is 5.49. The zero-order valence-electron chi connectivity index (χ0n) is 14.8. The van der Waals surface area contributed by atoms with E-state index in [0.717, 1.165) is 33.3 Å². The molecule has 0 saturated heterocycles. The van der Waals surface area contributed by atoms with Crippen molar-refractivity contribution in [1.82, 2.24) is 5.43 Å². The maximum Gasteiger partial charge on any atom is 0.259 e. The maximum absolute atomic E-state index is 11.9. The third-order valence-electron chi connectivity index (χ3n) is 3.80. The fourth-order valence-electron chi connectivity index (χ4n) is 2.39. The number of halogens is 2. The Morgan fingerprint density at radius 2 is 1.81 bits per heavy atom. The third kappa shape index (κ3) is 6.14. The quantitative estimate of drug-likeness (QED) is 0.427. The first-order valence-electron chi connectivity index (χ1n) is 8.39. The van der Waals surface area contributed by atoms with E-state index in [-0.39, 0.29) is 12.5 Å². The number of hydrogen-bond donors (Lipinski definition) is 2. The van der Waals surface area contributed by atoms with Crippen LogP contribution >= 0.6 is 31.9 Å². The molecular weight excluding hydrogens is 460 g/mol. The van der Waals surface area contributed by atoms with Crippen molar-refractivity contribution in [1.29, 1.82) is 0 Å². The van der Waals surface area contributed by atoms with E-state index in [0.29, 0.717) is 0 Å². The molecule has 0 aromatic heterocycles. The normalized spacial score (nSPS) is 10.8. The van der Waals surface area contributed by atoms with Crippen molar-refractivity contribution >= 4 is 55.4 Å². The van der Waals surface area contributed by atoms with Gasteiger partial charge in [0.1, 0.15) is 0 Å². The average Bonchev–Trinajstić information content (AvgIpc) is 2.63. The summed E-state index contributed by atoms with van der Waals surface area (Å²) < 4.78 is 1.85. The van der Waals surface area contributed by atoms with Gasteiger partial charge in [0.05, 0.1) is 12.8 Å². The van der Waals surface area contributed by atoms with Crippen LogP contribution in [-0.2, 0) is 4.79 Å². The molecule has 0 aliphatic carbocycles. The predicted octanol–water partition coefficient (Wildman–Crippen LogP) is 4.62. The Morgan fingerprint density at radius 3 is 2.42 bits per heavy atom. The highest BCUT2D eigenvalue weighted by molar-refractivity contribution is 9.11. The fraction of sp³-hybridized carbons (Fsp3) is 0.263. The fourth-order valence-corrected chi connectivity index (χ4v) is 3.57. The van der Waals surface area contributed by atoms with E-state index >= 15 is 0 Å². The van der Waals surface area contributed by atoms with Crippen molar-refractivity contribution in [2.75, 3.05) is 29.9 Å². The van der Waals surface area contributed by atoms with Gasteiger partial charge in [0.15, 0.2) is 0 Å². The summed E-state index contributed by atoms with van der Waals surface area (Å²) in [6.45, 7) is 6.35. The molecule has 0 radical (unpaired) electrons. The van der Waals surface area contributed by atoms with E-state index in [1.54, 1.807) is 6.21 Å². The van der Waals surface area contributed by atoms with Crippen molar-refractivity contribution in [3.8, 4) is 0 Å². The lowest BCUT2D eigenvalue weighted by molar-refractivity contribution is -0.119. The van der Waals surface area contributed by atoms with E-state index in [1.807, 2.05) is 30.3 Å². The van der Waals surface area contributed by atoms with Gasteiger partial charge in [-0.05, 0) is 65.7 Å². The molecule has 0 saturated carbocycles. The molecule has 0 atom stereocenters. The summed E-state index contributed by atoms with van der Waals surface area (Å²) in [6.07, 6.45) is 1.64. The van der Waals surface area contributed by atoms with Crippen LogP contribution in [0.4, 0.5) is 11.4 Å². The Bertz CT molecular complexity index is 759. The molecular formula is C19H22Br2N4O. The number of amides is 1. The van der Waals surface area contributed by atoms with Crippen LogP contribution < -0.4 is 15.6 Å². The lowest BCUT2D eigenvalue weighted by atomic mass is 10.2. The van der Waals surface area contributed by atoms with Gasteiger partial charge in [-0.1, -0.05) is 28.1 Å². The third-order valence-corrected chi connectivity index (χ3v) is 4.94. The molecule has 2 N–H and O–H groups in total. The molecule has 2 aromatic carbocycles. The molecule has 0 aliphatic heterocycles. The van der Waals surface area contributed by atoms with Gasteiger partial charge < -0.3 is 10.2 Å². The molecule has 2 aromatic rings. The molecule has 0 bridgehead atoms. The smallest absolute Gasteiger partial charge is 0.259 e. The molecule has 0 unspecified atom stereocenters. The van der Waals surface area contributed by atoms with Gasteiger partial charge in [-0.15, -0.1) is 0 Å².